The van der Waals surface area contributed by atoms with Crippen LogP contribution in [0.3, 0.4) is 0 Å². The second kappa shape index (κ2) is 5.59. The van der Waals surface area contributed by atoms with Crippen LogP contribution in [0.4, 0.5) is 0 Å². The van der Waals surface area contributed by atoms with Crippen molar-refractivity contribution in [3.05, 3.63) is 33.8 Å². The van der Waals surface area contributed by atoms with Crippen molar-refractivity contribution in [3.8, 4) is 0 Å². The summed E-state index contributed by atoms with van der Waals surface area (Å²) < 4.78 is 0. The molecule has 0 aromatic heterocycles. The fraction of sp³-hybridized carbons (Fsp3) is 0.333. The zero-order chi connectivity index (χ0) is 13.1. The number of hydrogen-bond acceptors (Lipinski definition) is 2. The van der Waals surface area contributed by atoms with E-state index in [4.69, 9.17) is 23.2 Å². The van der Waals surface area contributed by atoms with Crippen molar-refractivity contribution in [3.63, 3.8) is 0 Å². The van der Waals surface area contributed by atoms with Crippen LogP contribution in [0.2, 0.25) is 10.0 Å². The molecule has 2 N–H and O–H groups in total. The van der Waals surface area contributed by atoms with E-state index in [1.165, 1.54) is 6.07 Å². The van der Waals surface area contributed by atoms with Crippen LogP contribution in [-0.2, 0) is 4.79 Å². The Morgan fingerprint density at radius 2 is 2.17 bits per heavy atom. The fourth-order valence-electron chi connectivity index (χ4n) is 1.79. The smallest absolute Gasteiger partial charge is 0.251 e. The number of carbonyl (C=O) groups excluding carboxylic acids is 2. The second-order valence-corrected chi connectivity index (χ2v) is 4.96. The van der Waals surface area contributed by atoms with Gasteiger partial charge in [0, 0.05) is 24.6 Å². The van der Waals surface area contributed by atoms with Crippen molar-refractivity contribution in [2.75, 3.05) is 6.54 Å². The highest BCUT2D eigenvalue weighted by atomic mass is 35.5. The van der Waals surface area contributed by atoms with E-state index in [0.29, 0.717) is 28.6 Å². The first-order valence-corrected chi connectivity index (χ1v) is 6.34. The first-order valence-electron chi connectivity index (χ1n) is 5.59. The summed E-state index contributed by atoms with van der Waals surface area (Å²) in [5.41, 5.74) is 0.453. The summed E-state index contributed by atoms with van der Waals surface area (Å²) in [4.78, 5) is 22.8. The Bertz CT molecular complexity index is 491. The number of carbonyl (C=O) groups is 2. The monoisotopic (exact) mass is 286 g/mol. The molecule has 0 radical (unpaired) electrons. The largest absolute Gasteiger partial charge is 0.352 e. The van der Waals surface area contributed by atoms with Crippen molar-refractivity contribution in [1.82, 2.24) is 10.6 Å². The third-order valence-corrected chi connectivity index (χ3v) is 3.51. The second-order valence-electron chi connectivity index (χ2n) is 4.14. The van der Waals surface area contributed by atoms with Crippen LogP contribution >= 0.6 is 23.2 Å². The maximum absolute atomic E-state index is 11.8. The van der Waals surface area contributed by atoms with Crippen LogP contribution in [0.15, 0.2) is 18.2 Å². The molecule has 1 unspecified atom stereocenters. The summed E-state index contributed by atoms with van der Waals surface area (Å²) >= 11 is 11.6. The highest BCUT2D eigenvalue weighted by molar-refractivity contribution is 6.42. The Balaban J connectivity index is 1.91. The zero-order valence-electron chi connectivity index (χ0n) is 9.50. The van der Waals surface area contributed by atoms with Gasteiger partial charge in [0.25, 0.3) is 5.91 Å². The van der Waals surface area contributed by atoms with Gasteiger partial charge in [-0.15, -0.1) is 0 Å². The summed E-state index contributed by atoms with van der Waals surface area (Å²) in [6.07, 6.45) is 1.27. The molecule has 1 heterocycles. The molecule has 1 saturated heterocycles. The summed E-state index contributed by atoms with van der Waals surface area (Å²) in [7, 11) is 0. The van der Waals surface area contributed by atoms with Crippen LogP contribution in [0.5, 0.6) is 0 Å². The van der Waals surface area contributed by atoms with E-state index in [9.17, 15) is 9.59 Å². The average molecular weight is 287 g/mol. The minimum Gasteiger partial charge on any atom is -0.352 e. The minimum atomic E-state index is -0.227. The van der Waals surface area contributed by atoms with E-state index in [-0.39, 0.29) is 17.9 Å². The predicted octanol–water partition coefficient (Wildman–Crippen LogP) is 2.00. The summed E-state index contributed by atoms with van der Waals surface area (Å²) in [6.45, 7) is 0.421. The van der Waals surface area contributed by atoms with Gasteiger partial charge in [-0.3, -0.25) is 9.59 Å². The fourth-order valence-corrected chi connectivity index (χ4v) is 2.08. The third kappa shape index (κ3) is 3.15. The maximum Gasteiger partial charge on any atom is 0.251 e. The van der Waals surface area contributed by atoms with Crippen LogP contribution < -0.4 is 10.6 Å². The van der Waals surface area contributed by atoms with Crippen LogP contribution in [0, 0.1) is 0 Å². The Morgan fingerprint density at radius 3 is 2.78 bits per heavy atom. The highest BCUT2D eigenvalue weighted by Gasteiger charge is 2.21. The molecular weight excluding hydrogens is 275 g/mol. The summed E-state index contributed by atoms with van der Waals surface area (Å²) in [6, 6.07) is 4.73. The highest BCUT2D eigenvalue weighted by Crippen LogP contribution is 2.22. The molecule has 0 spiro atoms. The van der Waals surface area contributed by atoms with Crippen LogP contribution in [-0.4, -0.2) is 24.4 Å². The van der Waals surface area contributed by atoms with Crippen LogP contribution in [0.1, 0.15) is 23.2 Å². The summed E-state index contributed by atoms with van der Waals surface area (Å²) in [5.74, 6) is -0.196. The molecule has 0 bridgehead atoms. The molecular formula is C12H12Cl2N2O2. The molecule has 1 aliphatic heterocycles. The lowest BCUT2D eigenvalue weighted by Gasteiger charge is -2.11. The molecule has 2 rings (SSSR count). The SMILES string of the molecule is O=C1CCC(CNC(=O)c2ccc(Cl)c(Cl)c2)N1. The molecule has 1 aromatic carbocycles. The Morgan fingerprint density at radius 1 is 1.39 bits per heavy atom. The van der Waals surface area contributed by atoms with Gasteiger partial charge in [0.1, 0.15) is 0 Å². The normalized spacial score (nSPS) is 18.6. The number of rotatable bonds is 3. The number of halogens is 2. The Hall–Kier alpha value is -1.26. The topological polar surface area (TPSA) is 58.2 Å². The molecule has 1 aliphatic rings. The van der Waals surface area contributed by atoms with Gasteiger partial charge in [-0.2, -0.15) is 0 Å². The Kier molecular flexibility index (Phi) is 4.09. The van der Waals surface area contributed by atoms with Gasteiger partial charge in [-0.25, -0.2) is 0 Å². The minimum absolute atomic E-state index is 0.0178. The van der Waals surface area contributed by atoms with Crippen molar-refractivity contribution >= 4 is 35.0 Å². The van der Waals surface area contributed by atoms with Gasteiger partial charge in [0.05, 0.1) is 10.0 Å². The zero-order valence-corrected chi connectivity index (χ0v) is 11.0. The lowest BCUT2D eigenvalue weighted by Crippen LogP contribution is -2.38. The van der Waals surface area contributed by atoms with E-state index >= 15 is 0 Å². The molecule has 1 atom stereocenters. The van der Waals surface area contributed by atoms with E-state index < -0.39 is 0 Å². The number of nitrogens with one attached hydrogen (secondary N) is 2. The molecule has 2 amide bonds. The van der Waals surface area contributed by atoms with E-state index in [1.807, 2.05) is 0 Å². The Labute approximate surface area is 115 Å². The lowest BCUT2D eigenvalue weighted by atomic mass is 10.2. The standard InChI is InChI=1S/C12H12Cl2N2O2/c13-9-3-1-7(5-10(9)14)12(18)15-6-8-2-4-11(17)16-8/h1,3,5,8H,2,4,6H2,(H,15,18)(H,16,17). The molecule has 0 saturated carbocycles. The van der Waals surface area contributed by atoms with Gasteiger partial charge in [-0.05, 0) is 24.6 Å². The van der Waals surface area contributed by atoms with Gasteiger partial charge in [0.15, 0.2) is 0 Å². The van der Waals surface area contributed by atoms with Crippen molar-refractivity contribution in [2.45, 2.75) is 18.9 Å². The van der Waals surface area contributed by atoms with E-state index in [2.05, 4.69) is 10.6 Å². The number of amides is 2. The van der Waals surface area contributed by atoms with Gasteiger partial charge in [0.2, 0.25) is 5.91 Å². The van der Waals surface area contributed by atoms with Gasteiger partial charge < -0.3 is 10.6 Å². The summed E-state index contributed by atoms with van der Waals surface area (Å²) in [5, 5.41) is 6.29. The molecule has 1 fully saturated rings. The molecule has 96 valence electrons. The van der Waals surface area contributed by atoms with Gasteiger partial charge >= 0.3 is 0 Å². The van der Waals surface area contributed by atoms with E-state index in [0.717, 1.165) is 6.42 Å². The molecule has 4 nitrogen and oxygen atoms in total. The van der Waals surface area contributed by atoms with E-state index in [1.54, 1.807) is 12.1 Å². The molecule has 6 heteroatoms. The van der Waals surface area contributed by atoms with Crippen molar-refractivity contribution in [1.29, 1.82) is 0 Å². The average Bonchev–Trinajstić information content (AvgIpc) is 2.75. The maximum atomic E-state index is 11.8. The van der Waals surface area contributed by atoms with Crippen molar-refractivity contribution < 1.29 is 9.59 Å². The third-order valence-electron chi connectivity index (χ3n) is 2.78. The number of hydrogen-bond donors (Lipinski definition) is 2. The predicted molar refractivity (Wildman–Crippen MR) is 70.0 cm³/mol. The molecule has 18 heavy (non-hydrogen) atoms. The lowest BCUT2D eigenvalue weighted by molar-refractivity contribution is -0.119. The van der Waals surface area contributed by atoms with Gasteiger partial charge in [-0.1, -0.05) is 23.2 Å². The first kappa shape index (κ1) is 13.2. The first-order chi connectivity index (χ1) is 8.56. The molecule has 1 aromatic rings. The van der Waals surface area contributed by atoms with Crippen LogP contribution in [0.25, 0.3) is 0 Å². The number of benzene rings is 1. The van der Waals surface area contributed by atoms with Crippen molar-refractivity contribution in [2.24, 2.45) is 0 Å². The quantitative estimate of drug-likeness (QED) is 0.893. The molecule has 0 aliphatic carbocycles.